The van der Waals surface area contributed by atoms with E-state index in [1.807, 2.05) is 0 Å². The van der Waals surface area contributed by atoms with Crippen molar-refractivity contribution in [2.24, 2.45) is 0 Å². The molecule has 1 aromatic carbocycles. The van der Waals surface area contributed by atoms with Crippen LogP contribution in [0.3, 0.4) is 0 Å². The molecule has 0 aliphatic heterocycles. The second-order valence-corrected chi connectivity index (χ2v) is 3.45. The lowest BCUT2D eigenvalue weighted by molar-refractivity contribution is 0.142. The summed E-state index contributed by atoms with van der Waals surface area (Å²) in [6.07, 6.45) is -2.40. The van der Waals surface area contributed by atoms with Gasteiger partial charge in [0.15, 0.2) is 0 Å². The molecule has 0 aliphatic carbocycles. The molecule has 0 fully saturated rings. The van der Waals surface area contributed by atoms with Crippen LogP contribution < -0.4 is 10.1 Å². The SMILES string of the molecule is COc1ccc(C(C)NCC(F)F)c(O)c1. The van der Waals surface area contributed by atoms with Gasteiger partial charge in [-0.15, -0.1) is 0 Å². The lowest BCUT2D eigenvalue weighted by Gasteiger charge is -2.15. The predicted molar refractivity (Wildman–Crippen MR) is 57.1 cm³/mol. The topological polar surface area (TPSA) is 41.5 Å². The summed E-state index contributed by atoms with van der Waals surface area (Å²) in [5.74, 6) is 0.566. The molecule has 0 heterocycles. The molecule has 1 rings (SSSR count). The first-order valence-corrected chi connectivity index (χ1v) is 4.93. The Balaban J connectivity index is 2.71. The Labute approximate surface area is 93.0 Å². The number of hydrogen-bond acceptors (Lipinski definition) is 3. The molecule has 1 unspecified atom stereocenters. The first-order chi connectivity index (χ1) is 7.54. The molecule has 2 N–H and O–H groups in total. The van der Waals surface area contributed by atoms with Gasteiger partial charge in [0.25, 0.3) is 6.43 Å². The van der Waals surface area contributed by atoms with E-state index in [-0.39, 0.29) is 11.8 Å². The zero-order chi connectivity index (χ0) is 12.1. The van der Waals surface area contributed by atoms with Crippen LogP contribution >= 0.6 is 0 Å². The molecular weight excluding hydrogens is 216 g/mol. The summed E-state index contributed by atoms with van der Waals surface area (Å²) < 4.78 is 28.9. The standard InChI is InChI=1S/C11H15F2NO2/c1-7(14-6-11(12)13)9-4-3-8(16-2)5-10(9)15/h3-5,7,11,14-15H,6H2,1-2H3. The molecule has 16 heavy (non-hydrogen) atoms. The smallest absolute Gasteiger partial charge is 0.250 e. The number of benzene rings is 1. The van der Waals surface area contributed by atoms with E-state index >= 15 is 0 Å². The number of alkyl halides is 2. The van der Waals surface area contributed by atoms with Crippen LogP contribution in [0.15, 0.2) is 18.2 Å². The molecule has 0 aromatic heterocycles. The molecule has 0 saturated heterocycles. The van der Waals surface area contributed by atoms with Crippen LogP contribution in [0.4, 0.5) is 8.78 Å². The molecule has 1 aromatic rings. The van der Waals surface area contributed by atoms with Gasteiger partial charge in [0.1, 0.15) is 11.5 Å². The molecule has 0 aliphatic rings. The van der Waals surface area contributed by atoms with E-state index in [2.05, 4.69) is 5.32 Å². The minimum absolute atomic E-state index is 0.0358. The Morgan fingerprint density at radius 2 is 2.12 bits per heavy atom. The average Bonchev–Trinajstić information content (AvgIpc) is 2.25. The van der Waals surface area contributed by atoms with E-state index < -0.39 is 13.0 Å². The predicted octanol–water partition coefficient (Wildman–Crippen LogP) is 2.32. The van der Waals surface area contributed by atoms with Crippen LogP contribution in [-0.2, 0) is 0 Å². The summed E-state index contributed by atoms with van der Waals surface area (Å²) in [7, 11) is 1.49. The number of phenols is 1. The van der Waals surface area contributed by atoms with Crippen LogP contribution in [0.1, 0.15) is 18.5 Å². The van der Waals surface area contributed by atoms with Gasteiger partial charge in [0.2, 0.25) is 0 Å². The molecule has 0 radical (unpaired) electrons. The van der Waals surface area contributed by atoms with Gasteiger partial charge in [-0.3, -0.25) is 0 Å². The third-order valence-electron chi connectivity index (χ3n) is 2.28. The number of methoxy groups -OCH3 is 1. The largest absolute Gasteiger partial charge is 0.507 e. The maximum Gasteiger partial charge on any atom is 0.250 e. The van der Waals surface area contributed by atoms with Crippen LogP contribution in [0.25, 0.3) is 0 Å². The van der Waals surface area contributed by atoms with Crippen LogP contribution in [0.2, 0.25) is 0 Å². The summed E-state index contributed by atoms with van der Waals surface area (Å²) in [4.78, 5) is 0. The van der Waals surface area contributed by atoms with Crippen molar-refractivity contribution in [1.82, 2.24) is 5.32 Å². The van der Waals surface area contributed by atoms with Gasteiger partial charge < -0.3 is 15.2 Å². The Bertz CT molecular complexity index is 345. The van der Waals surface area contributed by atoms with Crippen LogP contribution in [-0.4, -0.2) is 25.2 Å². The van der Waals surface area contributed by atoms with Gasteiger partial charge in [-0.25, -0.2) is 8.78 Å². The highest BCUT2D eigenvalue weighted by Gasteiger charge is 2.12. The maximum atomic E-state index is 12.0. The third-order valence-corrected chi connectivity index (χ3v) is 2.28. The number of phenolic OH excluding ortho intramolecular Hbond substituents is 1. The van der Waals surface area contributed by atoms with Crippen molar-refractivity contribution in [3.63, 3.8) is 0 Å². The lowest BCUT2D eigenvalue weighted by Crippen LogP contribution is -2.24. The lowest BCUT2D eigenvalue weighted by atomic mass is 10.1. The molecule has 0 saturated carbocycles. The normalized spacial score (nSPS) is 12.8. The number of halogens is 2. The summed E-state index contributed by atoms with van der Waals surface area (Å²) in [5, 5.41) is 12.3. The van der Waals surface area contributed by atoms with Crippen LogP contribution in [0.5, 0.6) is 11.5 Å². The quantitative estimate of drug-likeness (QED) is 0.817. The van der Waals surface area contributed by atoms with Gasteiger partial charge in [0, 0.05) is 17.7 Å². The fourth-order valence-corrected chi connectivity index (χ4v) is 1.39. The van der Waals surface area contributed by atoms with Gasteiger partial charge in [0.05, 0.1) is 13.7 Å². The Kier molecular flexibility index (Phi) is 4.49. The molecule has 90 valence electrons. The summed E-state index contributed by atoms with van der Waals surface area (Å²) in [6, 6.07) is 4.45. The van der Waals surface area contributed by atoms with Crippen molar-refractivity contribution < 1.29 is 18.6 Å². The van der Waals surface area contributed by atoms with Crippen molar-refractivity contribution in [1.29, 1.82) is 0 Å². The molecule has 0 bridgehead atoms. The Morgan fingerprint density at radius 1 is 1.44 bits per heavy atom. The summed E-state index contributed by atoms with van der Waals surface area (Å²) in [6.45, 7) is 1.32. The molecule has 3 nitrogen and oxygen atoms in total. The third kappa shape index (κ3) is 3.34. The van der Waals surface area contributed by atoms with E-state index in [9.17, 15) is 13.9 Å². The van der Waals surface area contributed by atoms with E-state index in [0.29, 0.717) is 11.3 Å². The Hall–Kier alpha value is -1.36. The van der Waals surface area contributed by atoms with Crippen molar-refractivity contribution in [2.75, 3.05) is 13.7 Å². The highest BCUT2D eigenvalue weighted by atomic mass is 19.3. The number of nitrogens with one attached hydrogen (secondary N) is 1. The van der Waals surface area contributed by atoms with Crippen molar-refractivity contribution >= 4 is 0 Å². The number of aromatic hydroxyl groups is 1. The number of ether oxygens (including phenoxy) is 1. The minimum atomic E-state index is -2.40. The summed E-state index contributed by atoms with van der Waals surface area (Å²) in [5.41, 5.74) is 0.571. The minimum Gasteiger partial charge on any atom is -0.507 e. The van der Waals surface area contributed by atoms with Gasteiger partial charge in [-0.1, -0.05) is 6.07 Å². The highest BCUT2D eigenvalue weighted by molar-refractivity contribution is 5.41. The van der Waals surface area contributed by atoms with Gasteiger partial charge in [-0.05, 0) is 13.0 Å². The molecule has 1 atom stereocenters. The van der Waals surface area contributed by atoms with E-state index in [1.165, 1.54) is 13.2 Å². The first-order valence-electron chi connectivity index (χ1n) is 4.93. The molecule has 5 heteroatoms. The molecule has 0 amide bonds. The average molecular weight is 231 g/mol. The zero-order valence-electron chi connectivity index (χ0n) is 9.21. The van der Waals surface area contributed by atoms with Gasteiger partial charge >= 0.3 is 0 Å². The molecular formula is C11H15F2NO2. The number of hydrogen-bond donors (Lipinski definition) is 2. The highest BCUT2D eigenvalue weighted by Crippen LogP contribution is 2.28. The maximum absolute atomic E-state index is 12.0. The summed E-state index contributed by atoms with van der Waals surface area (Å²) >= 11 is 0. The first kappa shape index (κ1) is 12.7. The van der Waals surface area contributed by atoms with Crippen LogP contribution in [0, 0.1) is 0 Å². The van der Waals surface area contributed by atoms with Crippen molar-refractivity contribution in [2.45, 2.75) is 19.4 Å². The monoisotopic (exact) mass is 231 g/mol. The van der Waals surface area contributed by atoms with Gasteiger partial charge in [-0.2, -0.15) is 0 Å². The fourth-order valence-electron chi connectivity index (χ4n) is 1.39. The van der Waals surface area contributed by atoms with Crippen molar-refractivity contribution in [3.05, 3.63) is 23.8 Å². The second-order valence-electron chi connectivity index (χ2n) is 3.45. The van der Waals surface area contributed by atoms with E-state index in [0.717, 1.165) is 0 Å². The zero-order valence-corrected chi connectivity index (χ0v) is 9.21. The fraction of sp³-hybridized carbons (Fsp3) is 0.455. The van der Waals surface area contributed by atoms with E-state index in [4.69, 9.17) is 4.74 Å². The number of rotatable bonds is 5. The van der Waals surface area contributed by atoms with E-state index in [1.54, 1.807) is 19.1 Å². The second kappa shape index (κ2) is 5.65. The Morgan fingerprint density at radius 3 is 2.62 bits per heavy atom. The molecule has 0 spiro atoms. The van der Waals surface area contributed by atoms with Crippen molar-refractivity contribution in [3.8, 4) is 11.5 Å².